The van der Waals surface area contributed by atoms with Gasteiger partial charge < -0.3 is 56.8 Å². The molecule has 0 atom stereocenters. The molecule has 0 saturated carbocycles. The summed E-state index contributed by atoms with van der Waals surface area (Å²) in [4.78, 5) is 94.6. The lowest BCUT2D eigenvalue weighted by atomic mass is 10.0. The number of pyridine rings is 1. The van der Waals surface area contributed by atoms with Gasteiger partial charge in [-0.1, -0.05) is 36.4 Å². The van der Waals surface area contributed by atoms with Crippen molar-refractivity contribution in [3.8, 4) is 56.1 Å². The number of thiophene rings is 1. The number of benzene rings is 6. The van der Waals surface area contributed by atoms with Gasteiger partial charge in [-0.2, -0.15) is 13.2 Å². The van der Waals surface area contributed by atoms with E-state index in [1.54, 1.807) is 36.4 Å². The number of carbonyl (C=O) groups is 5. The van der Waals surface area contributed by atoms with E-state index in [-0.39, 0.29) is 52.0 Å². The largest absolute Gasteiger partial charge is 0.504 e. The third-order valence-electron chi connectivity index (χ3n) is 11.7. The van der Waals surface area contributed by atoms with Crippen LogP contribution in [0, 0.1) is 30.3 Å². The lowest BCUT2D eigenvalue weighted by Gasteiger charge is -2.11. The van der Waals surface area contributed by atoms with E-state index in [0.29, 0.717) is 21.7 Å². The summed E-state index contributed by atoms with van der Waals surface area (Å²) in [6, 6.07) is 27.4. The van der Waals surface area contributed by atoms with Crippen LogP contribution >= 0.6 is 11.3 Å². The number of phenolic OH excluding ortho intramolecular Hbond substituents is 6. The van der Waals surface area contributed by atoms with E-state index in [1.165, 1.54) is 60.1 Å². The third-order valence-corrected chi connectivity index (χ3v) is 12.8. The highest BCUT2D eigenvalue weighted by atomic mass is 32.1. The second-order valence-electron chi connectivity index (χ2n) is 17.6. The molecular formula is C55H42F3N7O19S. The van der Waals surface area contributed by atoms with Gasteiger partial charge >= 0.3 is 23.8 Å². The number of aromatic nitrogens is 1. The molecule has 0 radical (unpaired) electrons. The minimum Gasteiger partial charge on any atom is -0.504 e. The lowest BCUT2D eigenvalue weighted by Crippen LogP contribution is -2.25. The van der Waals surface area contributed by atoms with Gasteiger partial charge in [-0.15, -0.1) is 11.3 Å². The molecule has 0 fully saturated rings. The molecule has 8 aromatic rings. The molecule has 0 bridgehead atoms. The molecule has 30 heteroatoms. The van der Waals surface area contributed by atoms with Gasteiger partial charge in [0.15, 0.2) is 28.7 Å². The summed E-state index contributed by atoms with van der Waals surface area (Å²) in [5.41, 5.74) is -0.840. The van der Waals surface area contributed by atoms with E-state index in [1.807, 2.05) is 0 Å². The molecule has 2 aromatic heterocycles. The van der Waals surface area contributed by atoms with Crippen molar-refractivity contribution in [2.24, 2.45) is 0 Å². The molecule has 0 saturated heterocycles. The normalized spacial score (nSPS) is 10.7. The fraction of sp³-hybridized carbons (Fsp3) is 0.0909. The Morgan fingerprint density at radius 2 is 1.26 bits per heavy atom. The van der Waals surface area contributed by atoms with Crippen LogP contribution in [-0.2, 0) is 46.4 Å². The number of alkyl halides is 3. The van der Waals surface area contributed by atoms with Crippen LogP contribution in [0.25, 0.3) is 21.6 Å². The summed E-state index contributed by atoms with van der Waals surface area (Å²) < 4.78 is 37.9. The topological polar surface area (TPSA) is 426 Å². The third kappa shape index (κ3) is 16.7. The molecule has 0 aliphatic heterocycles. The standard InChI is InChI=1S/C24H17N3O7S.C16H14N2O7.C15H11F3N2O5/c28-20-9-15(27(33)34)8-18(23(20)31)13-7-14(12-25-11-13)24(32)26-19-4-2-1-3-17(19)21-6-5-16(35-21)10-22(29)30;19-13-6-5-12(18(24)25)11(15(13)21)7-14(20)17-8-9-1-3-10(4-2-9)16(22)23;16-15(17,18)9-2-1-3-10(7-9)19-13(22)6-8-4-11(20(24)25)14(23)12(21)5-8/h1-9,11-12,28,31H,10H2,(H,26,32)(H,29,30);1-6,19,21H,7-8H2,(H,17,20)(H,22,23);1-5,7,21,23H,6H2,(H,19,22). The summed E-state index contributed by atoms with van der Waals surface area (Å²) in [5, 5.41) is 116. The van der Waals surface area contributed by atoms with Crippen molar-refractivity contribution in [3.63, 3.8) is 0 Å². The monoisotopic (exact) mass is 1190 g/mol. The van der Waals surface area contributed by atoms with Crippen LogP contribution in [0.5, 0.6) is 34.5 Å². The number of rotatable bonds is 17. The average Bonchev–Trinajstić information content (AvgIpc) is 3.93. The van der Waals surface area contributed by atoms with Crippen LogP contribution in [0.2, 0.25) is 0 Å². The van der Waals surface area contributed by atoms with E-state index >= 15 is 0 Å². The highest BCUT2D eigenvalue weighted by Crippen LogP contribution is 2.41. The first-order chi connectivity index (χ1) is 40.1. The van der Waals surface area contributed by atoms with Crippen molar-refractivity contribution in [3.05, 3.63) is 208 Å². The summed E-state index contributed by atoms with van der Waals surface area (Å²) in [5.74, 6) is -8.12. The number of nitro benzene ring substituents is 3. The minimum atomic E-state index is -4.57. The van der Waals surface area contributed by atoms with Gasteiger partial charge in [-0.25, -0.2) is 4.79 Å². The number of para-hydroxylation sites is 1. The molecule has 0 spiro atoms. The van der Waals surface area contributed by atoms with Gasteiger partial charge in [0.05, 0.1) is 62.4 Å². The molecule has 11 N–H and O–H groups in total. The first kappa shape index (κ1) is 62.5. The zero-order valence-corrected chi connectivity index (χ0v) is 43.8. The van der Waals surface area contributed by atoms with E-state index in [0.717, 1.165) is 59.5 Å². The molecule has 6 aromatic carbocycles. The molecule has 0 unspecified atom stereocenters. The maximum Gasteiger partial charge on any atom is 0.416 e. The molecule has 26 nitrogen and oxygen atoms in total. The molecule has 85 heavy (non-hydrogen) atoms. The maximum atomic E-state index is 13.0. The summed E-state index contributed by atoms with van der Waals surface area (Å²) >= 11 is 1.31. The Labute approximate surface area is 478 Å². The zero-order valence-electron chi connectivity index (χ0n) is 43.0. The number of carbonyl (C=O) groups excluding carboxylic acids is 3. The number of phenols is 6. The van der Waals surface area contributed by atoms with Gasteiger partial charge in [0.2, 0.25) is 17.6 Å². The van der Waals surface area contributed by atoms with Gasteiger partial charge in [0.25, 0.3) is 17.3 Å². The average molecular weight is 1190 g/mol. The number of nitrogens with zero attached hydrogens (tertiary/aromatic N) is 4. The predicted octanol–water partition coefficient (Wildman–Crippen LogP) is 9.45. The fourth-order valence-electron chi connectivity index (χ4n) is 7.62. The number of hydrogen-bond donors (Lipinski definition) is 11. The number of hydrogen-bond acceptors (Lipinski definition) is 19. The number of non-ortho nitro benzene ring substituents is 1. The SMILES string of the molecule is O=C(Cc1c([N+](=O)[O-])ccc(O)c1O)NCc1ccc(C(=O)O)cc1.O=C(Cc1cc(O)c(O)c([N+](=O)[O-])c1)Nc1cccc(C(F)(F)F)c1.O=C(O)Cc1ccc(-c2ccccc2NC(=O)c2cncc(-c3cc([N+](=O)[O-])cc(O)c3O)c2)s1. The molecule has 3 amide bonds. The molecule has 2 heterocycles. The fourth-order valence-corrected chi connectivity index (χ4v) is 8.66. The zero-order chi connectivity index (χ0) is 62.4. The highest BCUT2D eigenvalue weighted by Gasteiger charge is 2.31. The van der Waals surface area contributed by atoms with Gasteiger partial charge in [0, 0.05) is 75.0 Å². The van der Waals surface area contributed by atoms with E-state index in [2.05, 4.69) is 20.9 Å². The van der Waals surface area contributed by atoms with E-state index in [9.17, 15) is 98.1 Å². The van der Waals surface area contributed by atoms with Crippen molar-refractivity contribution < 1.29 is 92.8 Å². The number of halogens is 3. The van der Waals surface area contributed by atoms with Crippen molar-refractivity contribution in [2.75, 3.05) is 10.6 Å². The van der Waals surface area contributed by atoms with Crippen molar-refractivity contribution in [1.29, 1.82) is 0 Å². The summed E-state index contributed by atoms with van der Waals surface area (Å²) in [6.07, 6.45) is -3.01. The summed E-state index contributed by atoms with van der Waals surface area (Å²) in [7, 11) is 0. The minimum absolute atomic E-state index is 0.00600. The van der Waals surface area contributed by atoms with Crippen LogP contribution in [0.4, 0.5) is 41.6 Å². The predicted molar refractivity (Wildman–Crippen MR) is 294 cm³/mol. The smallest absolute Gasteiger partial charge is 0.416 e. The molecular weight excluding hydrogens is 1150 g/mol. The second kappa shape index (κ2) is 27.2. The Bertz CT molecular complexity index is 3920. The quantitative estimate of drug-likeness (QED) is 0.0229. The first-order valence-corrected chi connectivity index (χ1v) is 24.7. The number of anilines is 2. The number of aliphatic carboxylic acids is 1. The Morgan fingerprint density at radius 1 is 0.576 bits per heavy atom. The molecule has 0 aliphatic carbocycles. The van der Waals surface area contributed by atoms with Crippen LogP contribution < -0.4 is 16.0 Å². The Morgan fingerprint density at radius 3 is 1.91 bits per heavy atom. The lowest BCUT2D eigenvalue weighted by molar-refractivity contribution is -0.386. The number of aromatic hydroxyl groups is 6. The van der Waals surface area contributed by atoms with Crippen LogP contribution in [0.3, 0.4) is 0 Å². The van der Waals surface area contributed by atoms with Crippen LogP contribution in [-0.4, -0.2) is 90.3 Å². The van der Waals surface area contributed by atoms with Gasteiger partial charge in [0.1, 0.15) is 0 Å². The maximum absolute atomic E-state index is 13.0. The number of nitro groups is 3. The summed E-state index contributed by atoms with van der Waals surface area (Å²) in [6.45, 7) is 0.0755. The highest BCUT2D eigenvalue weighted by molar-refractivity contribution is 7.15. The molecule has 8 rings (SSSR count). The van der Waals surface area contributed by atoms with E-state index < -0.39 is 121 Å². The Hall–Kier alpha value is -11.7. The number of aromatic carboxylic acids is 1. The number of carboxylic acids is 2. The Balaban J connectivity index is 0.000000209. The van der Waals surface area contributed by atoms with Crippen LogP contribution in [0.1, 0.15) is 47.8 Å². The number of carboxylic acid groups (broad SMARTS) is 2. The number of nitrogens with one attached hydrogen (secondary N) is 3. The first-order valence-electron chi connectivity index (χ1n) is 23.9. The molecule has 438 valence electrons. The number of amides is 3. The second-order valence-corrected chi connectivity index (χ2v) is 18.8. The Kier molecular flexibility index (Phi) is 20.0. The van der Waals surface area contributed by atoms with Crippen molar-refractivity contribution >= 4 is 69.4 Å². The molecule has 0 aliphatic rings. The van der Waals surface area contributed by atoms with Gasteiger partial charge in [-0.05, 0) is 77.9 Å². The van der Waals surface area contributed by atoms with Crippen molar-refractivity contribution in [2.45, 2.75) is 32.0 Å². The van der Waals surface area contributed by atoms with Gasteiger partial charge in [-0.3, -0.25) is 54.5 Å². The van der Waals surface area contributed by atoms with Crippen molar-refractivity contribution in [1.82, 2.24) is 10.3 Å². The van der Waals surface area contributed by atoms with Crippen LogP contribution in [0.15, 0.2) is 140 Å². The van der Waals surface area contributed by atoms with E-state index in [4.69, 9.17) is 10.2 Å².